The normalized spacial score (nSPS) is 14.3. The van der Waals surface area contributed by atoms with Gasteiger partial charge in [0.05, 0.1) is 18.4 Å². The van der Waals surface area contributed by atoms with Gasteiger partial charge in [0.1, 0.15) is 11.7 Å². The molecule has 0 radical (unpaired) electrons. The monoisotopic (exact) mass is 324 g/mol. The Bertz CT molecular complexity index is 782. The van der Waals surface area contributed by atoms with E-state index in [1.54, 1.807) is 18.3 Å². The van der Waals surface area contributed by atoms with Crippen LogP contribution in [-0.4, -0.2) is 24.3 Å². The van der Waals surface area contributed by atoms with Gasteiger partial charge in [-0.1, -0.05) is 36.4 Å². The molecule has 3 rings (SSSR count). The van der Waals surface area contributed by atoms with Crippen molar-refractivity contribution in [2.75, 3.05) is 13.6 Å². The van der Waals surface area contributed by atoms with Crippen molar-refractivity contribution >= 4 is 11.5 Å². The highest BCUT2D eigenvalue weighted by molar-refractivity contribution is 5.87. The van der Waals surface area contributed by atoms with Crippen LogP contribution in [0.3, 0.4) is 0 Å². The second-order valence-electron chi connectivity index (χ2n) is 5.89. The molecule has 1 aliphatic heterocycles. The van der Waals surface area contributed by atoms with E-state index in [4.69, 9.17) is 5.73 Å². The zero-order valence-corrected chi connectivity index (χ0v) is 13.7. The van der Waals surface area contributed by atoms with Crippen LogP contribution in [0.5, 0.6) is 0 Å². The van der Waals surface area contributed by atoms with Gasteiger partial charge < -0.3 is 16.0 Å². The summed E-state index contributed by atoms with van der Waals surface area (Å²) in [6, 6.07) is 15.1. The predicted octanol–water partition coefficient (Wildman–Crippen LogP) is 2.72. The first-order chi connectivity index (χ1) is 11.6. The summed E-state index contributed by atoms with van der Waals surface area (Å²) in [6.07, 6.45) is 1.80. The van der Waals surface area contributed by atoms with Crippen LogP contribution in [0.15, 0.2) is 59.7 Å². The molecular formula is C19H21FN4. The number of aliphatic imine (C=N–C) groups is 1. The second kappa shape index (κ2) is 7.27. The maximum Gasteiger partial charge on any atom is 0.127 e. The van der Waals surface area contributed by atoms with Gasteiger partial charge in [-0.15, -0.1) is 0 Å². The summed E-state index contributed by atoms with van der Waals surface area (Å²) in [6.45, 7) is 1.80. The van der Waals surface area contributed by atoms with Crippen LogP contribution in [0.25, 0.3) is 5.70 Å². The molecule has 3 N–H and O–H groups in total. The van der Waals surface area contributed by atoms with Gasteiger partial charge in [0.2, 0.25) is 0 Å². The largest absolute Gasteiger partial charge is 0.386 e. The van der Waals surface area contributed by atoms with E-state index in [9.17, 15) is 4.39 Å². The fourth-order valence-corrected chi connectivity index (χ4v) is 2.73. The van der Waals surface area contributed by atoms with Crippen LogP contribution in [0.2, 0.25) is 0 Å². The summed E-state index contributed by atoms with van der Waals surface area (Å²) in [5, 5.41) is 3.29. The summed E-state index contributed by atoms with van der Waals surface area (Å²) in [5.41, 5.74) is 9.70. The highest BCUT2D eigenvalue weighted by atomic mass is 19.1. The lowest BCUT2D eigenvalue weighted by molar-refractivity contribution is 0.542. The van der Waals surface area contributed by atoms with E-state index in [0.717, 1.165) is 16.8 Å². The summed E-state index contributed by atoms with van der Waals surface area (Å²) in [7, 11) is 2.00. The third-order valence-corrected chi connectivity index (χ3v) is 3.99. The number of amidine groups is 1. The summed E-state index contributed by atoms with van der Waals surface area (Å²) < 4.78 is 13.6. The quantitative estimate of drug-likeness (QED) is 0.889. The fraction of sp³-hybridized carbons (Fsp3) is 0.211. The lowest BCUT2D eigenvalue weighted by Gasteiger charge is -2.25. The number of halogens is 1. The molecule has 0 aliphatic carbocycles. The van der Waals surface area contributed by atoms with Crippen molar-refractivity contribution in [1.29, 1.82) is 0 Å². The molecule has 0 fully saturated rings. The zero-order chi connectivity index (χ0) is 16.9. The molecule has 4 nitrogen and oxygen atoms in total. The molecular weight excluding hydrogens is 303 g/mol. The van der Waals surface area contributed by atoms with Gasteiger partial charge in [0.15, 0.2) is 0 Å². The van der Waals surface area contributed by atoms with Crippen LogP contribution < -0.4 is 11.1 Å². The highest BCUT2D eigenvalue weighted by Crippen LogP contribution is 2.21. The molecule has 0 unspecified atom stereocenters. The molecule has 0 aromatic heterocycles. The van der Waals surface area contributed by atoms with Gasteiger partial charge in [0, 0.05) is 25.7 Å². The van der Waals surface area contributed by atoms with Crippen LogP contribution >= 0.6 is 0 Å². The number of likely N-dealkylation sites (N-methyl/N-ethyl adjacent to an activating group) is 1. The fourth-order valence-electron chi connectivity index (χ4n) is 2.73. The third-order valence-electron chi connectivity index (χ3n) is 3.99. The molecule has 24 heavy (non-hydrogen) atoms. The molecule has 1 aliphatic rings. The first-order valence-corrected chi connectivity index (χ1v) is 7.90. The Morgan fingerprint density at radius 2 is 2.00 bits per heavy atom. The molecule has 5 heteroatoms. The molecule has 0 saturated carbocycles. The van der Waals surface area contributed by atoms with E-state index in [-0.39, 0.29) is 5.82 Å². The lowest BCUT2D eigenvalue weighted by Crippen LogP contribution is -2.32. The number of nitrogens with zero attached hydrogens (tertiary/aromatic N) is 2. The average molecular weight is 324 g/mol. The Kier molecular flexibility index (Phi) is 4.91. The van der Waals surface area contributed by atoms with E-state index in [1.807, 2.05) is 19.2 Å². The van der Waals surface area contributed by atoms with Crippen molar-refractivity contribution in [2.24, 2.45) is 10.7 Å². The number of benzene rings is 2. The highest BCUT2D eigenvalue weighted by Gasteiger charge is 2.13. The first kappa shape index (κ1) is 16.2. The van der Waals surface area contributed by atoms with Gasteiger partial charge in [-0.05, 0) is 23.3 Å². The minimum Gasteiger partial charge on any atom is -0.386 e. The molecule has 0 bridgehead atoms. The van der Waals surface area contributed by atoms with E-state index < -0.39 is 0 Å². The molecule has 1 heterocycles. The van der Waals surface area contributed by atoms with Crippen molar-refractivity contribution in [3.8, 4) is 0 Å². The molecule has 0 amide bonds. The van der Waals surface area contributed by atoms with E-state index >= 15 is 0 Å². The molecule has 2 aromatic rings. The minimum atomic E-state index is -0.178. The van der Waals surface area contributed by atoms with Crippen molar-refractivity contribution < 1.29 is 4.39 Å². The van der Waals surface area contributed by atoms with Crippen molar-refractivity contribution in [1.82, 2.24) is 10.2 Å². The summed E-state index contributed by atoms with van der Waals surface area (Å²) >= 11 is 0. The third kappa shape index (κ3) is 3.81. The Morgan fingerprint density at radius 1 is 1.17 bits per heavy atom. The van der Waals surface area contributed by atoms with Crippen LogP contribution in [0, 0.1) is 5.82 Å². The SMILES string of the molecule is CN1CC(N)=NC=C1c1cccc(CNCc2ccccc2F)c1. The topological polar surface area (TPSA) is 53.6 Å². The molecule has 2 aromatic carbocycles. The Hall–Kier alpha value is -2.66. The zero-order valence-electron chi connectivity index (χ0n) is 13.7. The Balaban J connectivity index is 1.67. The van der Waals surface area contributed by atoms with Gasteiger partial charge in [0.25, 0.3) is 0 Å². The lowest BCUT2D eigenvalue weighted by atomic mass is 10.1. The van der Waals surface area contributed by atoms with Gasteiger partial charge >= 0.3 is 0 Å². The maximum atomic E-state index is 13.6. The van der Waals surface area contributed by atoms with Crippen LogP contribution in [-0.2, 0) is 13.1 Å². The maximum absolute atomic E-state index is 13.6. The van der Waals surface area contributed by atoms with E-state index in [1.165, 1.54) is 6.07 Å². The molecule has 124 valence electrons. The average Bonchev–Trinajstić information content (AvgIpc) is 2.57. The Labute approximate surface area is 141 Å². The van der Waals surface area contributed by atoms with Crippen molar-refractivity contribution in [2.45, 2.75) is 13.1 Å². The number of hydrogen-bond acceptors (Lipinski definition) is 4. The van der Waals surface area contributed by atoms with E-state index in [2.05, 4.69) is 33.4 Å². The number of nitrogens with two attached hydrogens (primary N) is 1. The van der Waals surface area contributed by atoms with E-state index in [0.29, 0.717) is 31.0 Å². The summed E-state index contributed by atoms with van der Waals surface area (Å²) in [4.78, 5) is 6.29. The van der Waals surface area contributed by atoms with Crippen LogP contribution in [0.4, 0.5) is 4.39 Å². The molecule has 0 saturated heterocycles. The Morgan fingerprint density at radius 3 is 2.79 bits per heavy atom. The summed E-state index contributed by atoms with van der Waals surface area (Å²) in [5.74, 6) is 0.437. The first-order valence-electron chi connectivity index (χ1n) is 7.90. The van der Waals surface area contributed by atoms with Crippen LogP contribution in [0.1, 0.15) is 16.7 Å². The van der Waals surface area contributed by atoms with Crippen molar-refractivity contribution in [3.05, 3.63) is 77.2 Å². The number of hydrogen-bond donors (Lipinski definition) is 2. The number of rotatable bonds is 5. The van der Waals surface area contributed by atoms with Crippen molar-refractivity contribution in [3.63, 3.8) is 0 Å². The second-order valence-corrected chi connectivity index (χ2v) is 5.89. The van der Waals surface area contributed by atoms with Gasteiger partial charge in [-0.25, -0.2) is 9.38 Å². The predicted molar refractivity (Wildman–Crippen MR) is 95.6 cm³/mol. The number of nitrogens with one attached hydrogen (secondary N) is 1. The smallest absolute Gasteiger partial charge is 0.127 e. The van der Waals surface area contributed by atoms with Gasteiger partial charge in [-0.2, -0.15) is 0 Å². The minimum absolute atomic E-state index is 0.178. The molecule has 0 spiro atoms. The van der Waals surface area contributed by atoms with Gasteiger partial charge in [-0.3, -0.25) is 0 Å². The standard InChI is InChI=1S/C19H21FN4/c1-24-13-19(21)23-12-18(24)15-7-4-5-14(9-15)10-22-11-16-6-2-3-8-17(16)20/h2-9,12,22H,10-11,13H2,1H3,(H2,21,23). The molecule has 0 atom stereocenters.